The second kappa shape index (κ2) is 4.97. The number of ketones is 1. The first-order valence-electron chi connectivity index (χ1n) is 4.07. The van der Waals surface area contributed by atoms with Crippen LogP contribution in [0.15, 0.2) is 41.4 Å². The summed E-state index contributed by atoms with van der Waals surface area (Å²) < 4.78 is 0.744. The Morgan fingerprint density at radius 1 is 1.31 bits per heavy atom. The molecule has 0 atom stereocenters. The molecule has 0 N–H and O–H groups in total. The van der Waals surface area contributed by atoms with Gasteiger partial charge in [0.25, 0.3) is 0 Å². The van der Waals surface area contributed by atoms with Crippen LogP contribution in [0, 0.1) is 0 Å². The SMILES string of the molecule is C=C(Br)CC(=O)Cc1ccccc1. The highest BCUT2D eigenvalue weighted by atomic mass is 79.9. The lowest BCUT2D eigenvalue weighted by atomic mass is 10.1. The molecule has 13 heavy (non-hydrogen) atoms. The third kappa shape index (κ3) is 4.04. The maximum absolute atomic E-state index is 11.3. The minimum atomic E-state index is 0.188. The van der Waals surface area contributed by atoms with Crippen molar-refractivity contribution in [3.05, 3.63) is 47.0 Å². The average Bonchev–Trinajstić information content (AvgIpc) is 2.04. The molecule has 0 spiro atoms. The van der Waals surface area contributed by atoms with Gasteiger partial charge in [0, 0.05) is 12.8 Å². The highest BCUT2D eigenvalue weighted by Crippen LogP contribution is 2.10. The summed E-state index contributed by atoms with van der Waals surface area (Å²) in [4.78, 5) is 11.3. The van der Waals surface area contributed by atoms with Crippen molar-refractivity contribution in [1.82, 2.24) is 0 Å². The van der Waals surface area contributed by atoms with Crippen LogP contribution >= 0.6 is 15.9 Å². The first kappa shape index (κ1) is 10.2. The van der Waals surface area contributed by atoms with Crippen molar-refractivity contribution >= 4 is 21.7 Å². The molecule has 0 saturated carbocycles. The summed E-state index contributed by atoms with van der Waals surface area (Å²) in [5.41, 5.74) is 1.06. The summed E-state index contributed by atoms with van der Waals surface area (Å²) in [6.45, 7) is 3.63. The van der Waals surface area contributed by atoms with Crippen molar-refractivity contribution in [3.63, 3.8) is 0 Å². The van der Waals surface area contributed by atoms with Crippen LogP contribution in [0.3, 0.4) is 0 Å². The second-order valence-electron chi connectivity index (χ2n) is 2.90. The highest BCUT2D eigenvalue weighted by molar-refractivity contribution is 9.11. The van der Waals surface area contributed by atoms with Gasteiger partial charge in [-0.1, -0.05) is 52.8 Å². The molecular formula is C11H11BrO. The van der Waals surface area contributed by atoms with Crippen molar-refractivity contribution in [1.29, 1.82) is 0 Å². The summed E-state index contributed by atoms with van der Waals surface area (Å²) in [6.07, 6.45) is 0.903. The van der Waals surface area contributed by atoms with Gasteiger partial charge in [-0.25, -0.2) is 0 Å². The summed E-state index contributed by atoms with van der Waals surface area (Å²) >= 11 is 3.17. The van der Waals surface area contributed by atoms with Crippen LogP contribution in [0.2, 0.25) is 0 Å². The number of Topliss-reactive ketones (excluding diaryl/α,β-unsaturated/α-hetero) is 1. The van der Waals surface area contributed by atoms with Gasteiger partial charge in [-0.3, -0.25) is 4.79 Å². The van der Waals surface area contributed by atoms with Crippen molar-refractivity contribution in [2.45, 2.75) is 12.8 Å². The zero-order valence-electron chi connectivity index (χ0n) is 7.29. The molecule has 0 aliphatic heterocycles. The molecule has 0 radical (unpaired) electrons. The minimum absolute atomic E-state index is 0.188. The first-order valence-corrected chi connectivity index (χ1v) is 4.86. The molecule has 1 aromatic rings. The van der Waals surface area contributed by atoms with E-state index in [1.165, 1.54) is 0 Å². The molecular weight excluding hydrogens is 228 g/mol. The quantitative estimate of drug-likeness (QED) is 0.788. The molecule has 1 nitrogen and oxygen atoms in total. The summed E-state index contributed by atoms with van der Waals surface area (Å²) in [5.74, 6) is 0.188. The summed E-state index contributed by atoms with van der Waals surface area (Å²) in [5, 5.41) is 0. The van der Waals surface area contributed by atoms with Gasteiger partial charge < -0.3 is 0 Å². The molecule has 0 heterocycles. The van der Waals surface area contributed by atoms with E-state index in [1.807, 2.05) is 30.3 Å². The van der Waals surface area contributed by atoms with Gasteiger partial charge in [0.15, 0.2) is 0 Å². The zero-order valence-corrected chi connectivity index (χ0v) is 8.88. The van der Waals surface area contributed by atoms with Gasteiger partial charge >= 0.3 is 0 Å². The normalized spacial score (nSPS) is 9.62. The molecule has 0 aromatic heterocycles. The topological polar surface area (TPSA) is 17.1 Å². The van der Waals surface area contributed by atoms with E-state index in [2.05, 4.69) is 22.5 Å². The third-order valence-corrected chi connectivity index (χ3v) is 1.91. The Balaban J connectivity index is 2.50. The lowest BCUT2D eigenvalue weighted by Crippen LogP contribution is -2.01. The summed E-state index contributed by atoms with van der Waals surface area (Å²) in [6, 6.07) is 9.72. The average molecular weight is 239 g/mol. The van der Waals surface area contributed by atoms with Crippen LogP contribution in [0.25, 0.3) is 0 Å². The lowest BCUT2D eigenvalue weighted by molar-refractivity contribution is -0.117. The summed E-state index contributed by atoms with van der Waals surface area (Å²) in [7, 11) is 0. The van der Waals surface area contributed by atoms with Crippen LogP contribution in [-0.2, 0) is 11.2 Å². The van der Waals surface area contributed by atoms with E-state index < -0.39 is 0 Å². The van der Waals surface area contributed by atoms with Crippen LogP contribution in [0.5, 0.6) is 0 Å². The number of carbonyl (C=O) groups is 1. The Labute approximate surface area is 86.6 Å². The largest absolute Gasteiger partial charge is 0.299 e. The molecule has 0 saturated heterocycles. The van der Waals surface area contributed by atoms with Gasteiger partial charge in [0.1, 0.15) is 5.78 Å². The number of hydrogen-bond donors (Lipinski definition) is 0. The molecule has 2 heteroatoms. The molecule has 68 valence electrons. The highest BCUT2D eigenvalue weighted by Gasteiger charge is 2.03. The van der Waals surface area contributed by atoms with Gasteiger partial charge in [-0.05, 0) is 10.0 Å². The minimum Gasteiger partial charge on any atom is -0.299 e. The second-order valence-corrected chi connectivity index (χ2v) is 4.02. The number of hydrogen-bond acceptors (Lipinski definition) is 1. The van der Waals surface area contributed by atoms with Crippen molar-refractivity contribution in [2.24, 2.45) is 0 Å². The predicted octanol–water partition coefficient (Wildman–Crippen LogP) is 3.10. The van der Waals surface area contributed by atoms with Crippen LogP contribution in [-0.4, -0.2) is 5.78 Å². The molecule has 1 rings (SSSR count). The fourth-order valence-corrected chi connectivity index (χ4v) is 1.41. The van der Waals surface area contributed by atoms with E-state index in [-0.39, 0.29) is 5.78 Å². The van der Waals surface area contributed by atoms with E-state index in [0.717, 1.165) is 10.0 Å². The molecule has 0 aliphatic rings. The smallest absolute Gasteiger partial charge is 0.142 e. The van der Waals surface area contributed by atoms with Crippen molar-refractivity contribution in [3.8, 4) is 0 Å². The maximum Gasteiger partial charge on any atom is 0.142 e. The number of allylic oxidation sites excluding steroid dienone is 1. The van der Waals surface area contributed by atoms with Crippen LogP contribution in [0.1, 0.15) is 12.0 Å². The van der Waals surface area contributed by atoms with Crippen LogP contribution < -0.4 is 0 Å². The number of carbonyl (C=O) groups excluding carboxylic acids is 1. The molecule has 0 amide bonds. The molecule has 0 bridgehead atoms. The number of rotatable bonds is 4. The van der Waals surface area contributed by atoms with Crippen LogP contribution in [0.4, 0.5) is 0 Å². The monoisotopic (exact) mass is 238 g/mol. The number of halogens is 1. The van der Waals surface area contributed by atoms with E-state index in [0.29, 0.717) is 12.8 Å². The Kier molecular flexibility index (Phi) is 3.90. The van der Waals surface area contributed by atoms with E-state index in [1.54, 1.807) is 0 Å². The van der Waals surface area contributed by atoms with E-state index in [4.69, 9.17) is 0 Å². The predicted molar refractivity (Wildman–Crippen MR) is 57.8 cm³/mol. The Hall–Kier alpha value is -0.890. The zero-order chi connectivity index (χ0) is 9.68. The first-order chi connectivity index (χ1) is 6.18. The lowest BCUT2D eigenvalue weighted by Gasteiger charge is -1.99. The molecule has 1 aromatic carbocycles. The Morgan fingerprint density at radius 2 is 1.92 bits per heavy atom. The number of benzene rings is 1. The standard InChI is InChI=1S/C11H11BrO/c1-9(12)7-11(13)8-10-5-3-2-4-6-10/h2-6H,1,7-8H2. The van der Waals surface area contributed by atoms with Crippen molar-refractivity contribution < 1.29 is 4.79 Å². The molecule has 0 unspecified atom stereocenters. The maximum atomic E-state index is 11.3. The van der Waals surface area contributed by atoms with Crippen molar-refractivity contribution in [2.75, 3.05) is 0 Å². The molecule has 0 aliphatic carbocycles. The third-order valence-electron chi connectivity index (χ3n) is 1.63. The van der Waals surface area contributed by atoms with Gasteiger partial charge in [0.05, 0.1) is 0 Å². The Morgan fingerprint density at radius 3 is 2.46 bits per heavy atom. The van der Waals surface area contributed by atoms with E-state index >= 15 is 0 Å². The van der Waals surface area contributed by atoms with Gasteiger partial charge in [-0.2, -0.15) is 0 Å². The Bertz CT molecular complexity index is 303. The fraction of sp³-hybridized carbons (Fsp3) is 0.182. The molecule has 0 fully saturated rings. The van der Waals surface area contributed by atoms with Gasteiger partial charge in [-0.15, -0.1) is 0 Å². The fourth-order valence-electron chi connectivity index (χ4n) is 1.10. The van der Waals surface area contributed by atoms with Gasteiger partial charge in [0.2, 0.25) is 0 Å². The van der Waals surface area contributed by atoms with E-state index in [9.17, 15) is 4.79 Å².